The fourth-order valence-electron chi connectivity index (χ4n) is 6.32. The van der Waals surface area contributed by atoms with Crippen molar-refractivity contribution in [3.63, 3.8) is 0 Å². The summed E-state index contributed by atoms with van der Waals surface area (Å²) in [6, 6.07) is 33.4. The Morgan fingerprint density at radius 2 is 1.57 bits per heavy atom. The summed E-state index contributed by atoms with van der Waals surface area (Å²) in [6.45, 7) is 0.0934. The summed E-state index contributed by atoms with van der Waals surface area (Å²) < 4.78 is 18.4. The number of amides is 3. The Hall–Kier alpha value is -5.40. The number of likely N-dealkylation sites (tertiary alicyclic amines) is 1. The number of hydrogen-bond donors (Lipinski definition) is 2. The molecule has 5 aromatic rings. The Morgan fingerprint density at radius 1 is 0.830 bits per heavy atom. The van der Waals surface area contributed by atoms with Gasteiger partial charge in [0.2, 0.25) is 5.91 Å². The average molecular weight is 731 g/mol. The molecule has 3 heterocycles. The van der Waals surface area contributed by atoms with Crippen LogP contribution in [0.25, 0.3) is 11.1 Å². The molecule has 1 unspecified atom stereocenters. The van der Waals surface area contributed by atoms with Crippen LogP contribution in [0.15, 0.2) is 127 Å². The predicted octanol–water partition coefficient (Wildman–Crippen LogP) is 6.53. The summed E-state index contributed by atoms with van der Waals surface area (Å²) in [5.41, 5.74) is 6.05. The van der Waals surface area contributed by atoms with Gasteiger partial charge in [-0.05, 0) is 51.6 Å². The minimum Gasteiger partial charge on any atom is -0.445 e. The van der Waals surface area contributed by atoms with Gasteiger partial charge in [0.1, 0.15) is 12.6 Å². The van der Waals surface area contributed by atoms with E-state index in [0.717, 1.165) is 38.9 Å². The zero-order chi connectivity index (χ0) is 36.6. The first-order valence-corrected chi connectivity index (χ1v) is 18.3. The zero-order valence-electron chi connectivity index (χ0n) is 28.7. The number of imide groups is 1. The number of aromatic nitrogens is 2. The second-order valence-corrected chi connectivity index (χ2v) is 13.8. The molecule has 0 saturated carbocycles. The summed E-state index contributed by atoms with van der Waals surface area (Å²) in [7, 11) is 0. The Bertz CT molecular complexity index is 2030. The summed E-state index contributed by atoms with van der Waals surface area (Å²) in [4.78, 5) is 48.4. The number of alkyl carbamates (subject to hydrolysis) is 1. The van der Waals surface area contributed by atoms with Crippen molar-refractivity contribution in [3.8, 4) is 11.1 Å². The summed E-state index contributed by atoms with van der Waals surface area (Å²) >= 11 is 1.53. The zero-order valence-corrected chi connectivity index (χ0v) is 29.6. The summed E-state index contributed by atoms with van der Waals surface area (Å²) in [5.74, 6) is -0.206. The summed E-state index contributed by atoms with van der Waals surface area (Å²) in [6.07, 6.45) is 2.14. The molecule has 2 aliphatic heterocycles. The van der Waals surface area contributed by atoms with E-state index in [1.807, 2.05) is 103 Å². The van der Waals surface area contributed by atoms with Gasteiger partial charge in [-0.3, -0.25) is 14.5 Å². The van der Waals surface area contributed by atoms with E-state index in [2.05, 4.69) is 15.3 Å². The van der Waals surface area contributed by atoms with Crippen molar-refractivity contribution in [3.05, 3.63) is 149 Å². The monoisotopic (exact) mass is 730 g/mol. The fourth-order valence-corrected chi connectivity index (χ4v) is 7.14. The smallest absolute Gasteiger partial charge is 0.408 e. The number of thioether (sulfide) groups is 1. The van der Waals surface area contributed by atoms with Crippen LogP contribution in [0.2, 0.25) is 0 Å². The van der Waals surface area contributed by atoms with Crippen LogP contribution in [-0.2, 0) is 43.6 Å². The van der Waals surface area contributed by atoms with Gasteiger partial charge in [0.25, 0.3) is 5.91 Å². The van der Waals surface area contributed by atoms with E-state index >= 15 is 0 Å². The lowest BCUT2D eigenvalue weighted by Crippen LogP contribution is -2.41. The number of nitrogens with one attached hydrogen (secondary N) is 1. The largest absolute Gasteiger partial charge is 0.445 e. The Labute approximate surface area is 311 Å². The molecular formula is C41H38N4O7S. The fraction of sp³-hybridized carbons (Fsp3) is 0.244. The quantitative estimate of drug-likeness (QED) is 0.0828. The molecular weight excluding hydrogens is 693 g/mol. The lowest BCUT2D eigenvalue weighted by molar-refractivity contribution is -0.245. The molecule has 0 radical (unpaired) electrons. The van der Waals surface area contributed by atoms with E-state index < -0.39 is 24.3 Å². The third-order valence-electron chi connectivity index (χ3n) is 9.06. The first kappa shape index (κ1) is 36.0. The molecule has 2 N–H and O–H groups in total. The number of rotatable bonds is 12. The summed E-state index contributed by atoms with van der Waals surface area (Å²) in [5, 5.41) is 12.8. The maximum atomic E-state index is 13.2. The van der Waals surface area contributed by atoms with Crippen molar-refractivity contribution >= 4 is 29.7 Å². The van der Waals surface area contributed by atoms with Gasteiger partial charge in [-0.2, -0.15) is 0 Å². The molecule has 4 atom stereocenters. The molecule has 53 heavy (non-hydrogen) atoms. The van der Waals surface area contributed by atoms with Crippen LogP contribution in [0.5, 0.6) is 0 Å². The minimum absolute atomic E-state index is 0.0315. The third kappa shape index (κ3) is 9.16. The van der Waals surface area contributed by atoms with Crippen molar-refractivity contribution in [2.24, 2.45) is 0 Å². The molecule has 12 heteroatoms. The molecule has 1 aromatic heterocycles. The number of aliphatic hydroxyl groups excluding tert-OH is 1. The highest BCUT2D eigenvalue weighted by atomic mass is 32.2. The number of aliphatic hydroxyl groups is 1. The van der Waals surface area contributed by atoms with Gasteiger partial charge in [0, 0.05) is 30.1 Å². The molecule has 2 fully saturated rings. The van der Waals surface area contributed by atoms with Crippen molar-refractivity contribution in [2.45, 2.75) is 62.3 Å². The maximum Gasteiger partial charge on any atom is 0.408 e. The van der Waals surface area contributed by atoms with Gasteiger partial charge in [-0.1, -0.05) is 103 Å². The lowest BCUT2D eigenvalue weighted by atomic mass is 9.99. The molecule has 2 aliphatic rings. The van der Waals surface area contributed by atoms with E-state index in [1.54, 1.807) is 18.5 Å². The Balaban J connectivity index is 1.03. The highest BCUT2D eigenvalue weighted by Crippen LogP contribution is 2.40. The van der Waals surface area contributed by atoms with Gasteiger partial charge in [0.15, 0.2) is 11.4 Å². The number of carbonyl (C=O) groups excluding carboxylic acids is 3. The Kier molecular flexibility index (Phi) is 11.5. The number of hydrogen-bond acceptors (Lipinski definition) is 10. The highest BCUT2D eigenvalue weighted by molar-refractivity contribution is 7.99. The standard InChI is InChI=1S/C41H38N4O7S/c46-24-27-13-15-30(16-14-27)36-21-34(26-53-40-42-17-6-18-43-40)51-39(52-36)33-12-5-11-32(20-33)31-10-4-9-29(19-31)23-45-37(47)22-35(38(45)48)44-41(49)50-25-28-7-2-1-3-8-28/h1-20,34-36,39,46H,21-26H2,(H,44,49)/t34-,35?,36+,39+/m0/s1. The van der Waals surface area contributed by atoms with Crippen LogP contribution < -0.4 is 5.32 Å². The molecule has 4 aromatic carbocycles. The van der Waals surface area contributed by atoms with E-state index in [1.165, 1.54) is 16.7 Å². The van der Waals surface area contributed by atoms with E-state index in [-0.39, 0.29) is 44.3 Å². The van der Waals surface area contributed by atoms with E-state index in [0.29, 0.717) is 17.3 Å². The first-order valence-electron chi connectivity index (χ1n) is 17.3. The minimum atomic E-state index is -0.986. The van der Waals surface area contributed by atoms with Crippen molar-refractivity contribution < 1.29 is 33.7 Å². The van der Waals surface area contributed by atoms with Gasteiger partial charge in [-0.25, -0.2) is 14.8 Å². The number of nitrogens with zero attached hydrogens (tertiary/aromatic N) is 3. The van der Waals surface area contributed by atoms with Crippen LogP contribution >= 0.6 is 11.8 Å². The van der Waals surface area contributed by atoms with Crippen LogP contribution in [0, 0.1) is 0 Å². The van der Waals surface area contributed by atoms with Crippen molar-refractivity contribution in [1.82, 2.24) is 20.2 Å². The van der Waals surface area contributed by atoms with E-state index in [9.17, 15) is 19.5 Å². The van der Waals surface area contributed by atoms with Gasteiger partial charge in [-0.15, -0.1) is 0 Å². The molecule has 11 nitrogen and oxygen atoms in total. The molecule has 0 bridgehead atoms. The van der Waals surface area contributed by atoms with Gasteiger partial charge >= 0.3 is 6.09 Å². The van der Waals surface area contributed by atoms with Crippen LogP contribution in [0.3, 0.4) is 0 Å². The van der Waals surface area contributed by atoms with Crippen molar-refractivity contribution in [2.75, 3.05) is 5.75 Å². The molecule has 3 amide bonds. The topological polar surface area (TPSA) is 140 Å². The van der Waals surface area contributed by atoms with Crippen LogP contribution in [-0.4, -0.2) is 55.8 Å². The second kappa shape index (κ2) is 17.0. The number of ether oxygens (including phenoxy) is 3. The lowest BCUT2D eigenvalue weighted by Gasteiger charge is -2.36. The van der Waals surface area contributed by atoms with Gasteiger partial charge < -0.3 is 24.6 Å². The number of benzene rings is 4. The molecule has 7 rings (SSSR count). The van der Waals surface area contributed by atoms with Crippen LogP contribution in [0.1, 0.15) is 53.1 Å². The molecule has 0 spiro atoms. The van der Waals surface area contributed by atoms with Crippen molar-refractivity contribution in [1.29, 1.82) is 0 Å². The normalized spacial score (nSPS) is 20.0. The van der Waals surface area contributed by atoms with Crippen LogP contribution in [0.4, 0.5) is 4.79 Å². The maximum absolute atomic E-state index is 13.2. The third-order valence-corrected chi connectivity index (χ3v) is 10.1. The van der Waals surface area contributed by atoms with Gasteiger partial charge in [0.05, 0.1) is 31.8 Å². The number of carbonyl (C=O) groups is 3. The SMILES string of the molecule is O=C(NC1CC(=O)N(Cc2cccc(-c3cccc([C@@H]4O[C@H](CSc5ncccn5)C[C@H](c5ccc(CO)cc5)O4)c3)c2)C1=O)OCc1ccccc1. The predicted molar refractivity (Wildman–Crippen MR) is 197 cm³/mol. The molecule has 2 saturated heterocycles. The van der Waals surface area contributed by atoms with E-state index in [4.69, 9.17) is 14.2 Å². The average Bonchev–Trinajstić information content (AvgIpc) is 3.47. The molecule has 0 aliphatic carbocycles. The Morgan fingerprint density at radius 3 is 2.34 bits per heavy atom. The second-order valence-electron chi connectivity index (χ2n) is 12.8. The first-order chi connectivity index (χ1) is 25.9. The highest BCUT2D eigenvalue weighted by Gasteiger charge is 2.40. The molecule has 270 valence electrons.